The summed E-state index contributed by atoms with van der Waals surface area (Å²) in [6, 6.07) is 1.79. The van der Waals surface area contributed by atoms with Crippen molar-refractivity contribution in [3.63, 3.8) is 0 Å². The van der Waals surface area contributed by atoms with Gasteiger partial charge in [0, 0.05) is 49.3 Å². The van der Waals surface area contributed by atoms with E-state index < -0.39 is 10.0 Å². The van der Waals surface area contributed by atoms with Crippen LogP contribution in [0.25, 0.3) is 0 Å². The van der Waals surface area contributed by atoms with Crippen molar-refractivity contribution in [1.82, 2.24) is 18.8 Å². The summed E-state index contributed by atoms with van der Waals surface area (Å²) in [5.74, 6) is 0.595. The van der Waals surface area contributed by atoms with Gasteiger partial charge in [-0.1, -0.05) is 0 Å². The zero-order valence-electron chi connectivity index (χ0n) is 14.0. The Morgan fingerprint density at radius 1 is 1.28 bits per heavy atom. The number of carbonyl (C=O) groups is 1. The Morgan fingerprint density at radius 3 is 2.64 bits per heavy atom. The molecular formula is C15H19BrN4O3S2. The van der Waals surface area contributed by atoms with E-state index in [-0.39, 0.29) is 17.5 Å². The van der Waals surface area contributed by atoms with Crippen LogP contribution in [0.2, 0.25) is 0 Å². The second-order valence-corrected chi connectivity index (χ2v) is 9.63. The Bertz CT molecular complexity index is 871. The largest absolute Gasteiger partial charge is 0.337 e. The highest BCUT2D eigenvalue weighted by atomic mass is 79.9. The zero-order chi connectivity index (χ0) is 18.2. The van der Waals surface area contributed by atoms with Gasteiger partial charge in [-0.05, 0) is 35.3 Å². The molecule has 0 atom stereocenters. The lowest BCUT2D eigenvalue weighted by atomic mass is 10.3. The molecule has 10 heteroatoms. The summed E-state index contributed by atoms with van der Waals surface area (Å²) < 4.78 is 29.6. The molecule has 2 aromatic heterocycles. The first-order valence-corrected chi connectivity index (χ1v) is 10.9. The monoisotopic (exact) mass is 446 g/mol. The molecule has 0 radical (unpaired) electrons. The number of hydrogen-bond acceptors (Lipinski definition) is 5. The number of rotatable bonds is 3. The van der Waals surface area contributed by atoms with Gasteiger partial charge >= 0.3 is 0 Å². The van der Waals surface area contributed by atoms with Gasteiger partial charge in [0.2, 0.25) is 0 Å². The van der Waals surface area contributed by atoms with Gasteiger partial charge < -0.3 is 9.47 Å². The number of amides is 1. The zero-order valence-corrected chi connectivity index (χ0v) is 17.2. The van der Waals surface area contributed by atoms with Crippen molar-refractivity contribution < 1.29 is 13.2 Å². The molecule has 0 bridgehead atoms. The standard InChI is InChI=1S/C15H19BrN4O3S2/c1-11-17-14(9-18(11)2)25(22,23)20-5-3-4-19(6-7-20)15(21)13-8-12(16)10-24-13/h8-10H,3-7H2,1-2H3. The van der Waals surface area contributed by atoms with Crippen LogP contribution in [-0.2, 0) is 17.1 Å². The van der Waals surface area contributed by atoms with E-state index in [0.717, 1.165) is 4.47 Å². The molecule has 1 amide bonds. The molecule has 0 aromatic carbocycles. The highest BCUT2D eigenvalue weighted by Crippen LogP contribution is 2.23. The first kappa shape index (κ1) is 18.6. The molecular weight excluding hydrogens is 428 g/mol. The van der Waals surface area contributed by atoms with Crippen LogP contribution in [0, 0.1) is 6.92 Å². The van der Waals surface area contributed by atoms with Crippen LogP contribution in [-0.4, -0.2) is 59.3 Å². The Morgan fingerprint density at radius 2 is 2.04 bits per heavy atom. The Hall–Kier alpha value is -1.23. The summed E-state index contributed by atoms with van der Waals surface area (Å²) in [5.41, 5.74) is 0. The van der Waals surface area contributed by atoms with E-state index in [1.54, 1.807) is 29.5 Å². The number of hydrogen-bond donors (Lipinski definition) is 0. The van der Waals surface area contributed by atoms with Gasteiger partial charge in [-0.2, -0.15) is 4.31 Å². The number of halogens is 1. The summed E-state index contributed by atoms with van der Waals surface area (Å²) in [7, 11) is -1.87. The quantitative estimate of drug-likeness (QED) is 0.722. The highest BCUT2D eigenvalue weighted by Gasteiger charge is 2.30. The molecule has 3 rings (SSSR count). The summed E-state index contributed by atoms with van der Waals surface area (Å²) in [4.78, 5) is 19.1. The molecule has 25 heavy (non-hydrogen) atoms. The minimum atomic E-state index is -3.64. The van der Waals surface area contributed by atoms with E-state index in [2.05, 4.69) is 20.9 Å². The van der Waals surface area contributed by atoms with E-state index >= 15 is 0 Å². The van der Waals surface area contributed by atoms with Crippen molar-refractivity contribution in [2.75, 3.05) is 26.2 Å². The summed E-state index contributed by atoms with van der Waals surface area (Å²) in [6.07, 6.45) is 2.13. The predicted octanol–water partition coefficient (Wildman–Crippen LogP) is 2.09. The molecule has 3 heterocycles. The average molecular weight is 447 g/mol. The number of aryl methyl sites for hydroxylation is 2. The average Bonchev–Trinajstić information content (AvgIpc) is 3.04. The van der Waals surface area contributed by atoms with E-state index in [4.69, 9.17) is 0 Å². The number of sulfonamides is 1. The van der Waals surface area contributed by atoms with Crippen LogP contribution in [0.3, 0.4) is 0 Å². The molecule has 0 aliphatic carbocycles. The minimum Gasteiger partial charge on any atom is -0.337 e. The number of thiophene rings is 1. The number of carbonyl (C=O) groups excluding carboxylic acids is 1. The fraction of sp³-hybridized carbons (Fsp3) is 0.467. The second-order valence-electron chi connectivity index (χ2n) is 5.92. The lowest BCUT2D eigenvalue weighted by molar-refractivity contribution is 0.0769. The van der Waals surface area contributed by atoms with Crippen LogP contribution >= 0.6 is 27.3 Å². The van der Waals surface area contributed by atoms with Crippen molar-refractivity contribution in [3.05, 3.63) is 32.8 Å². The van der Waals surface area contributed by atoms with Gasteiger partial charge in [0.25, 0.3) is 15.9 Å². The van der Waals surface area contributed by atoms with Crippen molar-refractivity contribution in [2.45, 2.75) is 18.4 Å². The number of aromatic nitrogens is 2. The van der Waals surface area contributed by atoms with Crippen molar-refractivity contribution in [2.24, 2.45) is 7.05 Å². The van der Waals surface area contributed by atoms with Gasteiger partial charge in [-0.3, -0.25) is 4.79 Å². The van der Waals surface area contributed by atoms with Gasteiger partial charge in [0.05, 0.1) is 4.88 Å². The summed E-state index contributed by atoms with van der Waals surface area (Å²) >= 11 is 4.74. The van der Waals surface area contributed by atoms with Crippen LogP contribution in [0.15, 0.2) is 27.1 Å². The maximum Gasteiger partial charge on any atom is 0.264 e. The molecule has 1 fully saturated rings. The lowest BCUT2D eigenvalue weighted by Crippen LogP contribution is -2.37. The molecule has 1 aliphatic heterocycles. The summed E-state index contributed by atoms with van der Waals surface area (Å²) in [6.45, 7) is 3.34. The van der Waals surface area contributed by atoms with Gasteiger partial charge in [0.1, 0.15) is 5.82 Å². The SMILES string of the molecule is Cc1nc(S(=O)(=O)N2CCCN(C(=O)c3cc(Br)cs3)CC2)cn1C. The Balaban J connectivity index is 1.74. The van der Waals surface area contributed by atoms with Gasteiger partial charge in [-0.25, -0.2) is 13.4 Å². The molecule has 2 aromatic rings. The van der Waals surface area contributed by atoms with E-state index in [9.17, 15) is 13.2 Å². The first-order valence-electron chi connectivity index (χ1n) is 7.82. The Kier molecular flexibility index (Phi) is 5.33. The van der Waals surface area contributed by atoms with E-state index in [1.165, 1.54) is 21.8 Å². The third kappa shape index (κ3) is 3.81. The van der Waals surface area contributed by atoms with Gasteiger partial charge in [0.15, 0.2) is 5.03 Å². The number of imidazole rings is 1. The molecule has 0 spiro atoms. The lowest BCUT2D eigenvalue weighted by Gasteiger charge is -2.20. The van der Waals surface area contributed by atoms with E-state index in [0.29, 0.717) is 36.8 Å². The maximum atomic E-state index is 12.8. The molecule has 7 nitrogen and oxygen atoms in total. The predicted molar refractivity (Wildman–Crippen MR) is 99.2 cm³/mol. The smallest absolute Gasteiger partial charge is 0.264 e. The molecule has 1 aliphatic rings. The molecule has 136 valence electrons. The van der Waals surface area contributed by atoms with Crippen molar-refractivity contribution in [3.8, 4) is 0 Å². The fourth-order valence-electron chi connectivity index (χ4n) is 2.70. The maximum absolute atomic E-state index is 12.8. The van der Waals surface area contributed by atoms with Crippen molar-refractivity contribution >= 4 is 43.2 Å². The molecule has 0 saturated carbocycles. The van der Waals surface area contributed by atoms with Crippen LogP contribution in [0.5, 0.6) is 0 Å². The van der Waals surface area contributed by atoms with Crippen molar-refractivity contribution in [1.29, 1.82) is 0 Å². The molecule has 1 saturated heterocycles. The fourth-order valence-corrected chi connectivity index (χ4v) is 5.59. The first-order chi connectivity index (χ1) is 11.8. The highest BCUT2D eigenvalue weighted by molar-refractivity contribution is 9.10. The normalized spacial score (nSPS) is 16.8. The Labute approximate surface area is 159 Å². The van der Waals surface area contributed by atoms with E-state index in [1.807, 2.05) is 5.38 Å². The van der Waals surface area contributed by atoms with Crippen LogP contribution in [0.4, 0.5) is 0 Å². The molecule has 0 N–H and O–H groups in total. The second kappa shape index (κ2) is 7.18. The number of nitrogens with zero attached hydrogens (tertiary/aromatic N) is 4. The topological polar surface area (TPSA) is 75.5 Å². The minimum absolute atomic E-state index is 0.0522. The van der Waals surface area contributed by atoms with Gasteiger partial charge in [-0.15, -0.1) is 11.3 Å². The van der Waals surface area contributed by atoms with Crippen LogP contribution in [0.1, 0.15) is 21.9 Å². The molecule has 0 unspecified atom stereocenters. The third-order valence-corrected chi connectivity index (χ3v) is 7.66. The van der Waals surface area contributed by atoms with Crippen LogP contribution < -0.4 is 0 Å². The third-order valence-electron chi connectivity index (χ3n) is 4.21. The summed E-state index contributed by atoms with van der Waals surface area (Å²) in [5, 5.41) is 1.93.